The van der Waals surface area contributed by atoms with Gasteiger partial charge in [0.25, 0.3) is 0 Å². The first-order valence-corrected chi connectivity index (χ1v) is 6.13. The Morgan fingerprint density at radius 3 is 2.26 bits per heavy atom. The third-order valence-electron chi connectivity index (χ3n) is 2.04. The molecule has 0 aliphatic rings. The van der Waals surface area contributed by atoms with Crippen molar-refractivity contribution in [2.45, 2.75) is 45.8 Å². The van der Waals surface area contributed by atoms with E-state index >= 15 is 0 Å². The van der Waals surface area contributed by atoms with Gasteiger partial charge < -0.3 is 20.7 Å². The summed E-state index contributed by atoms with van der Waals surface area (Å²) in [5.41, 5.74) is -0.569. The number of alkyl carbamates (subject to hydrolysis) is 1. The molecule has 0 aliphatic heterocycles. The van der Waals surface area contributed by atoms with Gasteiger partial charge in [0.2, 0.25) is 11.8 Å². The molecule has 7 heteroatoms. The fraction of sp³-hybridized carbons (Fsp3) is 0.750. The Morgan fingerprint density at radius 2 is 1.79 bits per heavy atom. The van der Waals surface area contributed by atoms with Crippen molar-refractivity contribution in [1.82, 2.24) is 16.0 Å². The summed E-state index contributed by atoms with van der Waals surface area (Å²) < 4.78 is 5.01. The van der Waals surface area contributed by atoms with Gasteiger partial charge in [-0.05, 0) is 27.7 Å². The molecule has 110 valence electrons. The Bertz CT molecular complexity index is 336. The molecule has 0 saturated heterocycles. The first-order valence-electron chi connectivity index (χ1n) is 6.13. The van der Waals surface area contributed by atoms with Crippen molar-refractivity contribution in [2.24, 2.45) is 0 Å². The average molecular weight is 273 g/mol. The summed E-state index contributed by atoms with van der Waals surface area (Å²) in [6.07, 6.45) is -0.486. The molecule has 3 N–H and O–H groups in total. The van der Waals surface area contributed by atoms with Crippen LogP contribution in [0.3, 0.4) is 0 Å². The van der Waals surface area contributed by atoms with Crippen molar-refractivity contribution in [3.8, 4) is 0 Å². The van der Waals surface area contributed by atoms with Crippen LogP contribution in [0.2, 0.25) is 0 Å². The maximum absolute atomic E-state index is 11.5. The minimum Gasteiger partial charge on any atom is -0.444 e. The normalized spacial score (nSPS) is 12.3. The van der Waals surface area contributed by atoms with Crippen molar-refractivity contribution >= 4 is 17.9 Å². The van der Waals surface area contributed by atoms with Crippen LogP contribution in [-0.2, 0) is 14.3 Å². The van der Waals surface area contributed by atoms with Crippen LogP contribution in [0.15, 0.2) is 0 Å². The van der Waals surface area contributed by atoms with Crippen molar-refractivity contribution in [2.75, 3.05) is 13.6 Å². The lowest BCUT2D eigenvalue weighted by Gasteiger charge is -2.19. The Morgan fingerprint density at radius 1 is 1.21 bits per heavy atom. The van der Waals surface area contributed by atoms with Gasteiger partial charge in [0.15, 0.2) is 0 Å². The summed E-state index contributed by atoms with van der Waals surface area (Å²) in [6, 6.07) is -0.598. The standard InChI is InChI=1S/C12H23N3O4/c1-8(10(17)13-5)15-9(16)6-7-14-11(18)19-12(2,3)4/h8H,6-7H2,1-5H3,(H,13,17)(H,14,18)(H,15,16). The second-order valence-corrected chi connectivity index (χ2v) is 5.08. The van der Waals surface area contributed by atoms with Crippen LogP contribution in [0.4, 0.5) is 4.79 Å². The highest BCUT2D eigenvalue weighted by atomic mass is 16.6. The highest BCUT2D eigenvalue weighted by Gasteiger charge is 2.17. The van der Waals surface area contributed by atoms with E-state index in [4.69, 9.17) is 4.74 Å². The van der Waals surface area contributed by atoms with E-state index in [0.29, 0.717) is 0 Å². The molecule has 0 rings (SSSR count). The minimum absolute atomic E-state index is 0.0839. The SMILES string of the molecule is CNC(=O)C(C)NC(=O)CCNC(=O)OC(C)(C)C. The molecule has 0 fully saturated rings. The van der Waals surface area contributed by atoms with Crippen LogP contribution in [0.1, 0.15) is 34.1 Å². The number of hydrogen-bond acceptors (Lipinski definition) is 4. The Kier molecular flexibility index (Phi) is 6.89. The number of nitrogens with one attached hydrogen (secondary N) is 3. The molecule has 0 bridgehead atoms. The van der Waals surface area contributed by atoms with Crippen LogP contribution >= 0.6 is 0 Å². The lowest BCUT2D eigenvalue weighted by Crippen LogP contribution is -2.44. The Balaban J connectivity index is 3.87. The number of amides is 3. The van der Waals surface area contributed by atoms with Gasteiger partial charge in [0.1, 0.15) is 11.6 Å². The molecule has 19 heavy (non-hydrogen) atoms. The number of likely N-dealkylation sites (N-methyl/N-ethyl adjacent to an activating group) is 1. The van der Waals surface area contributed by atoms with Crippen LogP contribution in [0.25, 0.3) is 0 Å². The largest absolute Gasteiger partial charge is 0.444 e. The maximum atomic E-state index is 11.5. The van der Waals surface area contributed by atoms with Gasteiger partial charge in [0, 0.05) is 20.0 Å². The van der Waals surface area contributed by atoms with E-state index in [2.05, 4.69) is 16.0 Å². The highest BCUT2D eigenvalue weighted by Crippen LogP contribution is 2.06. The summed E-state index contributed by atoms with van der Waals surface area (Å²) in [7, 11) is 1.50. The van der Waals surface area contributed by atoms with Crippen LogP contribution in [0.5, 0.6) is 0 Å². The summed E-state index contributed by atoms with van der Waals surface area (Å²) in [5, 5.41) is 7.40. The van der Waals surface area contributed by atoms with E-state index in [1.54, 1.807) is 27.7 Å². The van der Waals surface area contributed by atoms with Gasteiger partial charge in [-0.1, -0.05) is 0 Å². The lowest BCUT2D eigenvalue weighted by molar-refractivity contribution is -0.128. The monoisotopic (exact) mass is 273 g/mol. The maximum Gasteiger partial charge on any atom is 0.407 e. The average Bonchev–Trinajstić information content (AvgIpc) is 2.25. The molecule has 0 aromatic carbocycles. The molecule has 0 spiro atoms. The van der Waals surface area contributed by atoms with Crippen LogP contribution in [0, 0.1) is 0 Å². The van der Waals surface area contributed by atoms with Crippen molar-refractivity contribution in [1.29, 1.82) is 0 Å². The molecule has 7 nitrogen and oxygen atoms in total. The van der Waals surface area contributed by atoms with E-state index in [1.165, 1.54) is 7.05 Å². The Hall–Kier alpha value is -1.79. The van der Waals surface area contributed by atoms with E-state index in [0.717, 1.165) is 0 Å². The second-order valence-electron chi connectivity index (χ2n) is 5.08. The second kappa shape index (κ2) is 7.60. The third-order valence-corrected chi connectivity index (χ3v) is 2.04. The molecular weight excluding hydrogens is 250 g/mol. The quantitative estimate of drug-likeness (QED) is 0.664. The summed E-state index contributed by atoms with van der Waals surface area (Å²) in [4.78, 5) is 33.9. The van der Waals surface area contributed by atoms with Crippen LogP contribution < -0.4 is 16.0 Å². The molecule has 0 radical (unpaired) electrons. The molecule has 0 aromatic rings. The fourth-order valence-electron chi connectivity index (χ4n) is 1.19. The molecule has 0 aromatic heterocycles. The zero-order chi connectivity index (χ0) is 15.1. The number of carbonyl (C=O) groups excluding carboxylic acids is 3. The highest BCUT2D eigenvalue weighted by molar-refractivity contribution is 5.87. The number of ether oxygens (including phenoxy) is 1. The topological polar surface area (TPSA) is 96.5 Å². The van der Waals surface area contributed by atoms with Gasteiger partial charge in [-0.3, -0.25) is 9.59 Å². The third kappa shape index (κ3) is 8.87. The van der Waals surface area contributed by atoms with E-state index in [9.17, 15) is 14.4 Å². The number of carbonyl (C=O) groups is 3. The zero-order valence-corrected chi connectivity index (χ0v) is 12.1. The summed E-state index contributed by atoms with van der Waals surface area (Å²) in [6.45, 7) is 7.00. The summed E-state index contributed by atoms with van der Waals surface area (Å²) >= 11 is 0. The zero-order valence-electron chi connectivity index (χ0n) is 12.1. The lowest BCUT2D eigenvalue weighted by atomic mass is 10.2. The van der Waals surface area contributed by atoms with Gasteiger partial charge in [-0.2, -0.15) is 0 Å². The van der Waals surface area contributed by atoms with Crippen LogP contribution in [-0.4, -0.2) is 43.1 Å². The molecule has 0 aliphatic carbocycles. The van der Waals surface area contributed by atoms with Crippen molar-refractivity contribution < 1.29 is 19.1 Å². The Labute approximate surface area is 113 Å². The fourth-order valence-corrected chi connectivity index (χ4v) is 1.19. The van der Waals surface area contributed by atoms with Gasteiger partial charge in [0.05, 0.1) is 0 Å². The van der Waals surface area contributed by atoms with E-state index in [-0.39, 0.29) is 24.8 Å². The van der Waals surface area contributed by atoms with Gasteiger partial charge in [-0.15, -0.1) is 0 Å². The predicted octanol–water partition coefficient (Wildman–Crippen LogP) is 0.152. The number of rotatable bonds is 5. The minimum atomic E-state index is -0.598. The first kappa shape index (κ1) is 17.2. The first-order chi connectivity index (χ1) is 8.65. The predicted molar refractivity (Wildman–Crippen MR) is 70.5 cm³/mol. The van der Waals surface area contributed by atoms with Crippen molar-refractivity contribution in [3.63, 3.8) is 0 Å². The molecular formula is C12H23N3O4. The molecule has 1 unspecified atom stereocenters. The van der Waals surface area contributed by atoms with Crippen molar-refractivity contribution in [3.05, 3.63) is 0 Å². The smallest absolute Gasteiger partial charge is 0.407 e. The van der Waals surface area contributed by atoms with E-state index < -0.39 is 17.7 Å². The van der Waals surface area contributed by atoms with Gasteiger partial charge >= 0.3 is 6.09 Å². The molecule has 1 atom stereocenters. The molecule has 0 heterocycles. The molecule has 3 amide bonds. The van der Waals surface area contributed by atoms with Gasteiger partial charge in [-0.25, -0.2) is 4.79 Å². The number of hydrogen-bond donors (Lipinski definition) is 3. The summed E-state index contributed by atoms with van der Waals surface area (Å²) in [5.74, 6) is -0.583. The van der Waals surface area contributed by atoms with E-state index in [1.807, 2.05) is 0 Å². The molecule has 0 saturated carbocycles.